The Labute approximate surface area is 124 Å². The van der Waals surface area contributed by atoms with Crippen molar-refractivity contribution in [3.8, 4) is 0 Å². The zero-order valence-corrected chi connectivity index (χ0v) is 11.9. The molecule has 1 saturated heterocycles. The molecule has 7 nitrogen and oxygen atoms in total. The molecule has 0 aliphatic carbocycles. The van der Waals surface area contributed by atoms with E-state index in [0.717, 1.165) is 0 Å². The van der Waals surface area contributed by atoms with Crippen LogP contribution in [0.3, 0.4) is 0 Å². The summed E-state index contributed by atoms with van der Waals surface area (Å²) in [6.07, 6.45) is -3.15. The number of aromatic nitrogens is 3. The predicted octanol–water partition coefficient (Wildman–Crippen LogP) is 0.325. The van der Waals surface area contributed by atoms with E-state index in [9.17, 15) is 22.8 Å². The average molecular weight is 319 g/mol. The highest BCUT2D eigenvalue weighted by Gasteiger charge is 2.40. The van der Waals surface area contributed by atoms with Crippen LogP contribution in [0.5, 0.6) is 0 Å². The SMILES string of the molecule is CCn1cnnc1CNC(=O)[C@H]1CC(=O)N(CC(F)(F)F)C1. The standard InChI is InChI=1S/C12H16F3N5O2/c1-2-19-7-17-18-9(19)4-16-11(22)8-3-10(21)20(5-8)6-12(13,14)15/h7-8H,2-6H2,1H3,(H,16,22)/t8-/m0/s1. The molecule has 0 bridgehead atoms. The first-order valence-electron chi connectivity index (χ1n) is 6.79. The Morgan fingerprint density at radius 1 is 1.50 bits per heavy atom. The van der Waals surface area contributed by atoms with Gasteiger partial charge in [-0.1, -0.05) is 0 Å². The Morgan fingerprint density at radius 3 is 2.86 bits per heavy atom. The molecule has 1 fully saturated rings. The summed E-state index contributed by atoms with van der Waals surface area (Å²) in [6.45, 7) is 1.11. The number of aryl methyl sites for hydroxylation is 1. The molecule has 1 aromatic heterocycles. The number of amides is 2. The highest BCUT2D eigenvalue weighted by atomic mass is 19.4. The second-order valence-corrected chi connectivity index (χ2v) is 5.04. The second kappa shape index (κ2) is 6.32. The van der Waals surface area contributed by atoms with Gasteiger partial charge in [0.15, 0.2) is 5.82 Å². The zero-order chi connectivity index (χ0) is 16.3. The molecular weight excluding hydrogens is 303 g/mol. The van der Waals surface area contributed by atoms with Crippen molar-refractivity contribution in [1.29, 1.82) is 0 Å². The number of nitrogens with one attached hydrogen (secondary N) is 1. The van der Waals surface area contributed by atoms with Gasteiger partial charge in [-0.25, -0.2) is 0 Å². The third kappa shape index (κ3) is 3.95. The van der Waals surface area contributed by atoms with Gasteiger partial charge < -0.3 is 14.8 Å². The quantitative estimate of drug-likeness (QED) is 0.848. The van der Waals surface area contributed by atoms with Crippen molar-refractivity contribution in [2.24, 2.45) is 5.92 Å². The van der Waals surface area contributed by atoms with E-state index in [0.29, 0.717) is 17.3 Å². The molecular formula is C12H16F3N5O2. The van der Waals surface area contributed by atoms with E-state index in [-0.39, 0.29) is 19.5 Å². The lowest BCUT2D eigenvalue weighted by Crippen LogP contribution is -2.37. The van der Waals surface area contributed by atoms with Gasteiger partial charge in [-0.05, 0) is 6.92 Å². The van der Waals surface area contributed by atoms with E-state index in [1.165, 1.54) is 6.33 Å². The van der Waals surface area contributed by atoms with Crippen LogP contribution < -0.4 is 5.32 Å². The van der Waals surface area contributed by atoms with Crippen LogP contribution in [0.1, 0.15) is 19.2 Å². The van der Waals surface area contributed by atoms with Crippen LogP contribution in [0.4, 0.5) is 13.2 Å². The third-order valence-corrected chi connectivity index (χ3v) is 3.41. The molecule has 1 aliphatic rings. The first-order valence-corrected chi connectivity index (χ1v) is 6.79. The third-order valence-electron chi connectivity index (χ3n) is 3.41. The van der Waals surface area contributed by atoms with Gasteiger partial charge in [0.1, 0.15) is 12.9 Å². The van der Waals surface area contributed by atoms with Gasteiger partial charge in [0.2, 0.25) is 11.8 Å². The molecule has 2 rings (SSSR count). The Hall–Kier alpha value is -2.13. The maximum atomic E-state index is 12.3. The minimum Gasteiger partial charge on any atom is -0.348 e. The largest absolute Gasteiger partial charge is 0.406 e. The van der Waals surface area contributed by atoms with Gasteiger partial charge in [-0.15, -0.1) is 10.2 Å². The first kappa shape index (κ1) is 16.2. The van der Waals surface area contributed by atoms with Crippen molar-refractivity contribution in [3.05, 3.63) is 12.2 Å². The van der Waals surface area contributed by atoms with Crippen molar-refractivity contribution in [2.75, 3.05) is 13.1 Å². The van der Waals surface area contributed by atoms with Crippen LogP contribution in [0.25, 0.3) is 0 Å². The topological polar surface area (TPSA) is 80.1 Å². The molecule has 2 heterocycles. The van der Waals surface area contributed by atoms with Crippen LogP contribution in [0.2, 0.25) is 0 Å². The molecule has 0 aromatic carbocycles. The number of rotatable bonds is 5. The molecule has 0 spiro atoms. The van der Waals surface area contributed by atoms with Crippen molar-refractivity contribution in [3.63, 3.8) is 0 Å². The highest BCUT2D eigenvalue weighted by Crippen LogP contribution is 2.23. The number of alkyl halides is 3. The molecule has 1 aliphatic heterocycles. The maximum Gasteiger partial charge on any atom is 0.406 e. The molecule has 0 radical (unpaired) electrons. The number of likely N-dealkylation sites (tertiary alicyclic amines) is 1. The molecule has 122 valence electrons. The predicted molar refractivity (Wildman–Crippen MR) is 68.3 cm³/mol. The maximum absolute atomic E-state index is 12.3. The summed E-state index contributed by atoms with van der Waals surface area (Å²) in [7, 11) is 0. The minimum atomic E-state index is -4.46. The van der Waals surface area contributed by atoms with Gasteiger partial charge in [-0.3, -0.25) is 9.59 Å². The van der Waals surface area contributed by atoms with Crippen molar-refractivity contribution < 1.29 is 22.8 Å². The van der Waals surface area contributed by atoms with E-state index in [1.807, 2.05) is 6.92 Å². The lowest BCUT2D eigenvalue weighted by Gasteiger charge is -2.18. The fourth-order valence-electron chi connectivity index (χ4n) is 2.31. The number of carbonyl (C=O) groups is 2. The van der Waals surface area contributed by atoms with Crippen LogP contribution in [-0.2, 0) is 22.7 Å². The van der Waals surface area contributed by atoms with Crippen molar-refractivity contribution in [2.45, 2.75) is 32.6 Å². The summed E-state index contributed by atoms with van der Waals surface area (Å²) < 4.78 is 38.7. The van der Waals surface area contributed by atoms with Gasteiger partial charge in [-0.2, -0.15) is 13.2 Å². The zero-order valence-electron chi connectivity index (χ0n) is 11.9. The summed E-state index contributed by atoms with van der Waals surface area (Å²) in [4.78, 5) is 24.2. The summed E-state index contributed by atoms with van der Waals surface area (Å²) in [5.41, 5.74) is 0. The summed E-state index contributed by atoms with van der Waals surface area (Å²) in [5.74, 6) is -1.34. The second-order valence-electron chi connectivity index (χ2n) is 5.04. The Morgan fingerprint density at radius 2 is 2.23 bits per heavy atom. The smallest absolute Gasteiger partial charge is 0.348 e. The molecule has 1 atom stereocenters. The molecule has 0 saturated carbocycles. The van der Waals surface area contributed by atoms with Gasteiger partial charge in [0.25, 0.3) is 0 Å². The Kier molecular flexibility index (Phi) is 4.67. The van der Waals surface area contributed by atoms with E-state index < -0.39 is 30.5 Å². The van der Waals surface area contributed by atoms with E-state index >= 15 is 0 Å². The molecule has 1 N–H and O–H groups in total. The number of halogens is 3. The summed E-state index contributed by atoms with van der Waals surface area (Å²) >= 11 is 0. The lowest BCUT2D eigenvalue weighted by atomic mass is 10.1. The van der Waals surface area contributed by atoms with Crippen LogP contribution in [0.15, 0.2) is 6.33 Å². The van der Waals surface area contributed by atoms with E-state index in [2.05, 4.69) is 15.5 Å². The molecule has 0 unspecified atom stereocenters. The van der Waals surface area contributed by atoms with Gasteiger partial charge in [0, 0.05) is 19.5 Å². The summed E-state index contributed by atoms with van der Waals surface area (Å²) in [6, 6.07) is 0. The monoisotopic (exact) mass is 319 g/mol. The molecule has 22 heavy (non-hydrogen) atoms. The fraction of sp³-hybridized carbons (Fsp3) is 0.667. The fourth-order valence-corrected chi connectivity index (χ4v) is 2.31. The normalized spacial score (nSPS) is 18.8. The molecule has 10 heteroatoms. The molecule has 2 amide bonds. The van der Waals surface area contributed by atoms with Crippen molar-refractivity contribution in [1.82, 2.24) is 25.0 Å². The number of hydrogen-bond acceptors (Lipinski definition) is 4. The highest BCUT2D eigenvalue weighted by molar-refractivity contribution is 5.89. The first-order chi connectivity index (χ1) is 10.3. The van der Waals surface area contributed by atoms with E-state index in [4.69, 9.17) is 0 Å². The summed E-state index contributed by atoms with van der Waals surface area (Å²) in [5, 5.41) is 10.1. The van der Waals surface area contributed by atoms with Crippen LogP contribution >= 0.6 is 0 Å². The Bertz CT molecular complexity index is 557. The van der Waals surface area contributed by atoms with E-state index in [1.54, 1.807) is 4.57 Å². The Balaban J connectivity index is 1.87. The number of carbonyl (C=O) groups excluding carboxylic acids is 2. The molecule has 1 aromatic rings. The lowest BCUT2D eigenvalue weighted by molar-refractivity contribution is -0.157. The van der Waals surface area contributed by atoms with Crippen LogP contribution in [-0.4, -0.2) is 50.7 Å². The average Bonchev–Trinajstić information content (AvgIpc) is 3.01. The van der Waals surface area contributed by atoms with Gasteiger partial charge in [0.05, 0.1) is 12.5 Å². The number of hydrogen-bond donors (Lipinski definition) is 1. The minimum absolute atomic E-state index is 0.122. The van der Waals surface area contributed by atoms with Crippen molar-refractivity contribution >= 4 is 11.8 Å². The number of nitrogens with zero attached hydrogens (tertiary/aromatic N) is 4. The van der Waals surface area contributed by atoms with Gasteiger partial charge >= 0.3 is 6.18 Å². The van der Waals surface area contributed by atoms with Crippen LogP contribution in [0, 0.1) is 5.92 Å².